The molecule has 2 aromatic carbocycles. The lowest BCUT2D eigenvalue weighted by atomic mass is 10.1. The van der Waals surface area contributed by atoms with Crippen molar-refractivity contribution in [2.75, 3.05) is 27.2 Å². The minimum Gasteiger partial charge on any atom is -0.349 e. The fraction of sp³-hybridized carbons (Fsp3) is 0.200. The maximum Gasteiger partial charge on any atom is 0.267 e. The van der Waals surface area contributed by atoms with Gasteiger partial charge in [-0.3, -0.25) is 9.59 Å². The number of benzene rings is 2. The molecule has 2 N–H and O–H groups in total. The molecule has 2 rings (SSSR count). The molecule has 0 atom stereocenters. The van der Waals surface area contributed by atoms with Gasteiger partial charge in [-0.25, -0.2) is 0 Å². The third kappa shape index (κ3) is 6.24. The number of likely N-dealkylation sites (N-methyl/N-ethyl adjacent to an activating group) is 1. The molecule has 0 aromatic heterocycles. The number of carbonyl (C=O) groups is 2. The van der Waals surface area contributed by atoms with Gasteiger partial charge in [-0.2, -0.15) is 0 Å². The summed E-state index contributed by atoms with van der Waals surface area (Å²) >= 11 is 0. The molecule has 0 saturated carbocycles. The van der Waals surface area contributed by atoms with Crippen molar-refractivity contribution < 1.29 is 9.59 Å². The number of nitrogens with one attached hydrogen (secondary N) is 2. The first-order valence-electron chi connectivity index (χ1n) is 8.12. The predicted octanol–water partition coefficient (Wildman–Crippen LogP) is 2.14. The molecule has 0 bridgehead atoms. The van der Waals surface area contributed by atoms with E-state index in [-0.39, 0.29) is 17.5 Å². The summed E-state index contributed by atoms with van der Waals surface area (Å²) in [6.45, 7) is 1.22. The zero-order valence-corrected chi connectivity index (χ0v) is 14.5. The molecule has 0 unspecified atom stereocenters. The van der Waals surface area contributed by atoms with Gasteiger partial charge < -0.3 is 15.5 Å². The smallest absolute Gasteiger partial charge is 0.267 e. The van der Waals surface area contributed by atoms with Crippen LogP contribution in [0.3, 0.4) is 0 Å². The molecule has 0 heterocycles. The third-order valence-electron chi connectivity index (χ3n) is 3.48. The predicted molar refractivity (Wildman–Crippen MR) is 99.9 cm³/mol. The lowest BCUT2D eigenvalue weighted by molar-refractivity contribution is -0.117. The minimum absolute atomic E-state index is 0.221. The van der Waals surface area contributed by atoms with E-state index in [1.807, 2.05) is 55.4 Å². The molecule has 0 radical (unpaired) electrons. The summed E-state index contributed by atoms with van der Waals surface area (Å²) in [6.07, 6.45) is 1.67. The Morgan fingerprint density at radius 3 is 2.16 bits per heavy atom. The zero-order chi connectivity index (χ0) is 18.1. The van der Waals surface area contributed by atoms with Crippen molar-refractivity contribution in [2.24, 2.45) is 0 Å². The summed E-state index contributed by atoms with van der Waals surface area (Å²) in [5.74, 6) is -0.625. The van der Waals surface area contributed by atoms with E-state index < -0.39 is 0 Å². The van der Waals surface area contributed by atoms with Gasteiger partial charge in [-0.05, 0) is 37.9 Å². The number of rotatable bonds is 7. The van der Waals surface area contributed by atoms with E-state index >= 15 is 0 Å². The molecule has 0 aliphatic carbocycles. The molecule has 25 heavy (non-hydrogen) atoms. The Bertz CT molecular complexity index is 725. The minimum atomic E-state index is -0.314. The van der Waals surface area contributed by atoms with E-state index in [4.69, 9.17) is 0 Å². The highest BCUT2D eigenvalue weighted by atomic mass is 16.2. The van der Waals surface area contributed by atoms with Crippen LogP contribution in [0, 0.1) is 0 Å². The van der Waals surface area contributed by atoms with Gasteiger partial charge in [0.2, 0.25) is 0 Å². The second kappa shape index (κ2) is 9.39. The van der Waals surface area contributed by atoms with Crippen LogP contribution >= 0.6 is 0 Å². The zero-order valence-electron chi connectivity index (χ0n) is 14.5. The van der Waals surface area contributed by atoms with Crippen molar-refractivity contribution in [3.8, 4) is 0 Å². The van der Waals surface area contributed by atoms with E-state index in [0.29, 0.717) is 12.1 Å². The highest BCUT2D eigenvalue weighted by molar-refractivity contribution is 6.05. The Balaban J connectivity index is 2.16. The SMILES string of the molecule is CN(C)CCNC(=O)/C(=C\c1ccccc1)NC(=O)c1ccccc1. The maximum atomic E-state index is 12.5. The first kappa shape index (κ1) is 18.4. The molecule has 0 aliphatic rings. The molecule has 5 heteroatoms. The number of nitrogens with zero attached hydrogens (tertiary/aromatic N) is 1. The van der Waals surface area contributed by atoms with Crippen molar-refractivity contribution in [3.63, 3.8) is 0 Å². The van der Waals surface area contributed by atoms with E-state index in [1.54, 1.807) is 30.3 Å². The van der Waals surface area contributed by atoms with Gasteiger partial charge in [-0.15, -0.1) is 0 Å². The van der Waals surface area contributed by atoms with Gasteiger partial charge in [0.15, 0.2) is 0 Å². The highest BCUT2D eigenvalue weighted by Gasteiger charge is 2.14. The number of hydrogen-bond acceptors (Lipinski definition) is 3. The van der Waals surface area contributed by atoms with Gasteiger partial charge in [0.1, 0.15) is 5.70 Å². The van der Waals surface area contributed by atoms with E-state index in [2.05, 4.69) is 10.6 Å². The first-order valence-corrected chi connectivity index (χ1v) is 8.12. The Morgan fingerprint density at radius 2 is 1.56 bits per heavy atom. The molecule has 2 aromatic rings. The number of carbonyl (C=O) groups excluding carboxylic acids is 2. The Morgan fingerprint density at radius 1 is 0.960 bits per heavy atom. The summed E-state index contributed by atoms with van der Waals surface area (Å²) in [5.41, 5.74) is 1.56. The van der Waals surface area contributed by atoms with Crippen LogP contribution < -0.4 is 10.6 Å². The fourth-order valence-corrected chi connectivity index (χ4v) is 2.15. The maximum absolute atomic E-state index is 12.5. The van der Waals surface area contributed by atoms with Gasteiger partial charge in [0, 0.05) is 18.7 Å². The second-order valence-electron chi connectivity index (χ2n) is 5.85. The van der Waals surface area contributed by atoms with Crippen LogP contribution in [-0.2, 0) is 4.79 Å². The van der Waals surface area contributed by atoms with Crippen molar-refractivity contribution in [2.45, 2.75) is 0 Å². The average molecular weight is 337 g/mol. The van der Waals surface area contributed by atoms with E-state index in [0.717, 1.165) is 12.1 Å². The van der Waals surface area contributed by atoms with Crippen LogP contribution in [0.25, 0.3) is 6.08 Å². The molecule has 2 amide bonds. The topological polar surface area (TPSA) is 61.4 Å². The van der Waals surface area contributed by atoms with Crippen molar-refractivity contribution in [1.29, 1.82) is 0 Å². The molecule has 0 saturated heterocycles. The van der Waals surface area contributed by atoms with E-state index in [9.17, 15) is 9.59 Å². The van der Waals surface area contributed by atoms with Crippen molar-refractivity contribution in [1.82, 2.24) is 15.5 Å². The van der Waals surface area contributed by atoms with Gasteiger partial charge in [0.25, 0.3) is 11.8 Å². The molecular weight excluding hydrogens is 314 g/mol. The Kier molecular flexibility index (Phi) is 6.92. The lowest BCUT2D eigenvalue weighted by Gasteiger charge is -2.13. The van der Waals surface area contributed by atoms with Crippen LogP contribution in [0.15, 0.2) is 66.4 Å². The van der Waals surface area contributed by atoms with Crippen molar-refractivity contribution >= 4 is 17.9 Å². The first-order chi connectivity index (χ1) is 12.1. The van der Waals surface area contributed by atoms with Gasteiger partial charge >= 0.3 is 0 Å². The Hall–Kier alpha value is -2.92. The fourth-order valence-electron chi connectivity index (χ4n) is 2.15. The summed E-state index contributed by atoms with van der Waals surface area (Å²) in [4.78, 5) is 26.9. The normalized spacial score (nSPS) is 11.2. The molecule has 0 fully saturated rings. The van der Waals surface area contributed by atoms with Crippen LogP contribution in [0.2, 0.25) is 0 Å². The van der Waals surface area contributed by atoms with Gasteiger partial charge in [0.05, 0.1) is 0 Å². The van der Waals surface area contributed by atoms with Crippen LogP contribution in [-0.4, -0.2) is 43.9 Å². The third-order valence-corrected chi connectivity index (χ3v) is 3.48. The number of hydrogen-bond donors (Lipinski definition) is 2. The lowest BCUT2D eigenvalue weighted by Crippen LogP contribution is -2.37. The largest absolute Gasteiger partial charge is 0.349 e. The van der Waals surface area contributed by atoms with Crippen LogP contribution in [0.1, 0.15) is 15.9 Å². The molecule has 0 spiro atoms. The highest BCUT2D eigenvalue weighted by Crippen LogP contribution is 2.07. The average Bonchev–Trinajstić information content (AvgIpc) is 2.62. The summed E-state index contributed by atoms with van der Waals surface area (Å²) in [7, 11) is 3.87. The van der Waals surface area contributed by atoms with Crippen LogP contribution in [0.5, 0.6) is 0 Å². The monoisotopic (exact) mass is 337 g/mol. The molecule has 5 nitrogen and oxygen atoms in total. The summed E-state index contributed by atoms with van der Waals surface area (Å²) in [5, 5.41) is 5.54. The number of amides is 2. The standard InChI is InChI=1S/C20H23N3O2/c1-23(2)14-13-21-20(25)18(15-16-9-5-3-6-10-16)22-19(24)17-11-7-4-8-12-17/h3-12,15H,13-14H2,1-2H3,(H,21,25)(H,22,24)/b18-15+. The Labute approximate surface area is 148 Å². The summed E-state index contributed by atoms with van der Waals surface area (Å²) < 4.78 is 0. The van der Waals surface area contributed by atoms with Crippen molar-refractivity contribution in [3.05, 3.63) is 77.5 Å². The van der Waals surface area contributed by atoms with E-state index in [1.165, 1.54) is 0 Å². The molecule has 0 aliphatic heterocycles. The molecule has 130 valence electrons. The quantitative estimate of drug-likeness (QED) is 0.761. The van der Waals surface area contributed by atoms with Crippen LogP contribution in [0.4, 0.5) is 0 Å². The second-order valence-corrected chi connectivity index (χ2v) is 5.85. The van der Waals surface area contributed by atoms with Gasteiger partial charge in [-0.1, -0.05) is 48.5 Å². The summed E-state index contributed by atoms with van der Waals surface area (Å²) in [6, 6.07) is 18.2. The molecular formula is C20H23N3O2.